The standard InChI is InChI=1S/C16H12N2O3/c19-15(17-9-10-21-17)11-1-3-12(4-2-11)16(20)18-13-5-6-14(18)8-7-13/h1-8H,9-10H2. The fourth-order valence-corrected chi connectivity index (χ4v) is 2.51. The van der Waals surface area contributed by atoms with Crippen LogP contribution in [0.25, 0.3) is 11.0 Å². The Hall–Kier alpha value is -2.66. The SMILES string of the molecule is O=C(c1ccc(C(=O)n2c3ccc2cc3)cc1)N1CCO1. The number of amides is 1. The van der Waals surface area contributed by atoms with Crippen LogP contribution in [0.1, 0.15) is 20.7 Å². The van der Waals surface area contributed by atoms with Crippen molar-refractivity contribution in [2.45, 2.75) is 0 Å². The highest BCUT2D eigenvalue weighted by Crippen LogP contribution is 2.19. The van der Waals surface area contributed by atoms with Crippen molar-refractivity contribution >= 4 is 22.8 Å². The molecule has 0 atom stereocenters. The van der Waals surface area contributed by atoms with Crippen LogP contribution in [0, 0.1) is 0 Å². The van der Waals surface area contributed by atoms with Crippen LogP contribution >= 0.6 is 0 Å². The van der Waals surface area contributed by atoms with E-state index in [0.29, 0.717) is 24.3 Å². The normalized spacial score (nSPS) is 14.4. The van der Waals surface area contributed by atoms with Gasteiger partial charge in [-0.1, -0.05) is 0 Å². The number of fused-ring (bicyclic) bond motifs is 2. The molecule has 1 aliphatic heterocycles. The zero-order valence-electron chi connectivity index (χ0n) is 11.2. The third-order valence-electron chi connectivity index (χ3n) is 3.72. The van der Waals surface area contributed by atoms with Crippen molar-refractivity contribution in [2.24, 2.45) is 0 Å². The minimum atomic E-state index is -0.173. The van der Waals surface area contributed by atoms with Crippen LogP contribution in [0.3, 0.4) is 0 Å². The molecule has 0 radical (unpaired) electrons. The number of aromatic nitrogens is 1. The summed E-state index contributed by atoms with van der Waals surface area (Å²) in [6.45, 7) is 1.19. The van der Waals surface area contributed by atoms with E-state index in [0.717, 1.165) is 11.0 Å². The second-order valence-corrected chi connectivity index (χ2v) is 4.97. The molecule has 5 heteroatoms. The zero-order chi connectivity index (χ0) is 14.4. The Labute approximate surface area is 120 Å². The van der Waals surface area contributed by atoms with Gasteiger partial charge in [0.1, 0.15) is 0 Å². The first-order valence-electron chi connectivity index (χ1n) is 6.73. The second-order valence-electron chi connectivity index (χ2n) is 4.97. The minimum absolute atomic E-state index is 0.0887. The molecule has 0 saturated carbocycles. The van der Waals surface area contributed by atoms with Crippen molar-refractivity contribution in [2.75, 3.05) is 13.2 Å². The van der Waals surface area contributed by atoms with Gasteiger partial charge in [-0.3, -0.25) is 19.0 Å². The maximum atomic E-state index is 12.5. The van der Waals surface area contributed by atoms with Crippen LogP contribution in [-0.4, -0.2) is 34.6 Å². The quantitative estimate of drug-likeness (QED) is 0.722. The Morgan fingerprint density at radius 1 is 0.810 bits per heavy atom. The van der Waals surface area contributed by atoms with Gasteiger partial charge in [0.2, 0.25) is 0 Å². The van der Waals surface area contributed by atoms with Crippen molar-refractivity contribution in [3.8, 4) is 0 Å². The summed E-state index contributed by atoms with van der Waals surface area (Å²) < 4.78 is 1.66. The summed E-state index contributed by atoms with van der Waals surface area (Å²) in [6, 6.07) is 14.3. The van der Waals surface area contributed by atoms with E-state index in [9.17, 15) is 9.59 Å². The molecule has 1 fully saturated rings. The van der Waals surface area contributed by atoms with Crippen LogP contribution in [0.4, 0.5) is 0 Å². The van der Waals surface area contributed by atoms with E-state index in [4.69, 9.17) is 4.84 Å². The molecule has 3 heterocycles. The molecule has 1 saturated heterocycles. The predicted molar refractivity (Wildman–Crippen MR) is 76.3 cm³/mol. The molecule has 1 amide bonds. The molecule has 5 nitrogen and oxygen atoms in total. The van der Waals surface area contributed by atoms with Gasteiger partial charge >= 0.3 is 0 Å². The van der Waals surface area contributed by atoms with E-state index in [1.54, 1.807) is 28.8 Å². The van der Waals surface area contributed by atoms with Crippen molar-refractivity contribution < 1.29 is 14.4 Å². The Morgan fingerprint density at radius 3 is 1.71 bits per heavy atom. The van der Waals surface area contributed by atoms with E-state index in [2.05, 4.69) is 0 Å². The van der Waals surface area contributed by atoms with Crippen LogP contribution in [0.5, 0.6) is 0 Å². The van der Waals surface area contributed by atoms with Gasteiger partial charge in [-0.25, -0.2) is 5.06 Å². The summed E-state index contributed by atoms with van der Waals surface area (Å²) in [5, 5.41) is 1.32. The Balaban J connectivity index is 1.61. The highest BCUT2D eigenvalue weighted by atomic mass is 16.7. The van der Waals surface area contributed by atoms with Gasteiger partial charge in [0.25, 0.3) is 11.8 Å². The Morgan fingerprint density at radius 2 is 1.29 bits per heavy atom. The first-order valence-corrected chi connectivity index (χ1v) is 6.73. The minimum Gasteiger partial charge on any atom is -0.277 e. The number of nitrogens with zero attached hydrogens (tertiary/aromatic N) is 2. The summed E-state index contributed by atoms with van der Waals surface area (Å²) >= 11 is 0. The number of hydrogen-bond acceptors (Lipinski definition) is 3. The highest BCUT2D eigenvalue weighted by molar-refractivity contribution is 6.04. The molecule has 0 spiro atoms. The van der Waals surface area contributed by atoms with E-state index in [-0.39, 0.29) is 11.8 Å². The summed E-state index contributed by atoms with van der Waals surface area (Å²) in [7, 11) is 0. The van der Waals surface area contributed by atoms with Gasteiger partial charge in [-0.2, -0.15) is 0 Å². The van der Waals surface area contributed by atoms with Gasteiger partial charge in [-0.15, -0.1) is 0 Å². The van der Waals surface area contributed by atoms with Crippen molar-refractivity contribution in [1.82, 2.24) is 9.63 Å². The Kier molecular flexibility index (Phi) is 2.55. The molecule has 3 aromatic rings. The fourth-order valence-electron chi connectivity index (χ4n) is 2.51. The van der Waals surface area contributed by atoms with E-state index in [1.165, 1.54) is 5.06 Å². The fraction of sp³-hybridized carbons (Fsp3) is 0.125. The molecule has 0 N–H and O–H groups in total. The first kappa shape index (κ1) is 12.1. The van der Waals surface area contributed by atoms with Crippen LogP contribution < -0.4 is 0 Å². The average Bonchev–Trinajstić information content (AvgIpc) is 3.05. The van der Waals surface area contributed by atoms with Gasteiger partial charge in [0.15, 0.2) is 0 Å². The predicted octanol–water partition coefficient (Wildman–Crippen LogP) is 2.16. The lowest BCUT2D eigenvalue weighted by Gasteiger charge is -2.29. The molecular formula is C16H12N2O3. The number of rotatable bonds is 2. The Bertz CT molecular complexity index is 767. The molecule has 1 aliphatic rings. The number of carbonyl (C=O) groups is 2. The number of carbonyl (C=O) groups excluding carboxylic acids is 2. The van der Waals surface area contributed by atoms with Gasteiger partial charge in [0.05, 0.1) is 13.2 Å². The molecule has 21 heavy (non-hydrogen) atoms. The molecule has 1 aromatic carbocycles. The molecule has 4 rings (SSSR count). The maximum absolute atomic E-state index is 12.5. The third kappa shape index (κ3) is 1.82. The molecule has 2 bridgehead atoms. The van der Waals surface area contributed by atoms with E-state index >= 15 is 0 Å². The molecule has 0 unspecified atom stereocenters. The number of hydrogen-bond donors (Lipinski definition) is 0. The van der Waals surface area contributed by atoms with Crippen molar-refractivity contribution in [3.63, 3.8) is 0 Å². The first-order chi connectivity index (χ1) is 10.2. The molecule has 104 valence electrons. The monoisotopic (exact) mass is 280 g/mol. The van der Waals surface area contributed by atoms with Crippen LogP contribution in [0.2, 0.25) is 0 Å². The van der Waals surface area contributed by atoms with E-state index < -0.39 is 0 Å². The van der Waals surface area contributed by atoms with Gasteiger partial charge in [-0.05, 0) is 48.5 Å². The smallest absolute Gasteiger partial charge is 0.277 e. The molecular weight excluding hydrogens is 268 g/mol. The second kappa shape index (κ2) is 4.43. The van der Waals surface area contributed by atoms with Gasteiger partial charge < -0.3 is 0 Å². The summed E-state index contributed by atoms with van der Waals surface area (Å²) in [5.74, 6) is -0.261. The molecule has 0 aliphatic carbocycles. The average molecular weight is 280 g/mol. The lowest BCUT2D eigenvalue weighted by atomic mass is 10.1. The van der Waals surface area contributed by atoms with Crippen molar-refractivity contribution in [3.05, 3.63) is 59.7 Å². The summed E-state index contributed by atoms with van der Waals surface area (Å²) in [6.07, 6.45) is 0. The van der Waals surface area contributed by atoms with Crippen LogP contribution in [-0.2, 0) is 4.84 Å². The highest BCUT2D eigenvalue weighted by Gasteiger charge is 2.23. The zero-order valence-corrected chi connectivity index (χ0v) is 11.2. The largest absolute Gasteiger partial charge is 0.277 e. The van der Waals surface area contributed by atoms with Crippen LogP contribution in [0.15, 0.2) is 48.5 Å². The maximum Gasteiger partial charge on any atom is 0.277 e. The van der Waals surface area contributed by atoms with E-state index in [1.807, 2.05) is 24.3 Å². The molecule has 2 aromatic heterocycles. The lowest BCUT2D eigenvalue weighted by Crippen LogP contribution is -2.43. The van der Waals surface area contributed by atoms with Gasteiger partial charge in [0, 0.05) is 22.2 Å². The number of benzene rings is 2. The number of hydroxylamine groups is 2. The summed E-state index contributed by atoms with van der Waals surface area (Å²) in [5.41, 5.74) is 2.83. The van der Waals surface area contributed by atoms with Crippen molar-refractivity contribution in [1.29, 1.82) is 0 Å². The lowest BCUT2D eigenvalue weighted by molar-refractivity contribution is -0.207. The third-order valence-corrected chi connectivity index (χ3v) is 3.72. The summed E-state index contributed by atoms with van der Waals surface area (Å²) in [4.78, 5) is 29.5. The topological polar surface area (TPSA) is 51.5 Å².